The summed E-state index contributed by atoms with van der Waals surface area (Å²) in [6.45, 7) is 7.40. The van der Waals surface area contributed by atoms with Crippen molar-refractivity contribution < 1.29 is 28.2 Å². The number of ether oxygens (including phenoxy) is 3. The molecule has 1 aromatic carbocycles. The summed E-state index contributed by atoms with van der Waals surface area (Å²) in [4.78, 5) is 24.0. The molecular formula is C20H28FNO5. The molecule has 1 fully saturated rings. The van der Waals surface area contributed by atoms with Gasteiger partial charge in [-0.2, -0.15) is 0 Å². The van der Waals surface area contributed by atoms with E-state index in [4.69, 9.17) is 19.9 Å². The third kappa shape index (κ3) is 5.11. The van der Waals surface area contributed by atoms with Crippen LogP contribution in [0, 0.1) is 11.2 Å². The smallest absolute Gasteiger partial charge is 0.312 e. The van der Waals surface area contributed by atoms with Crippen LogP contribution in [0.3, 0.4) is 0 Å². The monoisotopic (exact) mass is 381 g/mol. The van der Waals surface area contributed by atoms with Crippen LogP contribution in [-0.2, 0) is 9.53 Å². The Balaban J connectivity index is 2.06. The van der Waals surface area contributed by atoms with Crippen molar-refractivity contribution in [3.63, 3.8) is 0 Å². The van der Waals surface area contributed by atoms with Gasteiger partial charge in [-0.05, 0) is 59.4 Å². The molecule has 0 heterocycles. The Morgan fingerprint density at radius 3 is 2.26 bits per heavy atom. The number of primary amides is 1. The number of methoxy groups -OCH3 is 1. The van der Waals surface area contributed by atoms with Crippen LogP contribution in [0.1, 0.15) is 63.7 Å². The fraction of sp³-hybridized carbons (Fsp3) is 0.600. The van der Waals surface area contributed by atoms with Crippen molar-refractivity contribution in [2.45, 2.75) is 65.1 Å². The van der Waals surface area contributed by atoms with Gasteiger partial charge in [0.2, 0.25) is 0 Å². The maximum absolute atomic E-state index is 14.3. The lowest BCUT2D eigenvalue weighted by molar-refractivity contribution is -0.169. The fourth-order valence-electron chi connectivity index (χ4n) is 3.12. The molecule has 7 heteroatoms. The second-order valence-corrected chi connectivity index (χ2v) is 8.23. The minimum absolute atomic E-state index is 0.0459. The predicted molar refractivity (Wildman–Crippen MR) is 98.3 cm³/mol. The number of amides is 1. The highest BCUT2D eigenvalue weighted by molar-refractivity contribution is 5.96. The highest BCUT2D eigenvalue weighted by Crippen LogP contribution is 2.40. The lowest BCUT2D eigenvalue weighted by atomic mass is 9.74. The van der Waals surface area contributed by atoms with Gasteiger partial charge in [0.1, 0.15) is 11.4 Å². The van der Waals surface area contributed by atoms with Gasteiger partial charge in [0.15, 0.2) is 11.6 Å². The van der Waals surface area contributed by atoms with Crippen LogP contribution in [0.4, 0.5) is 4.39 Å². The number of hydrogen-bond acceptors (Lipinski definition) is 5. The van der Waals surface area contributed by atoms with Gasteiger partial charge < -0.3 is 19.9 Å². The third-order valence-electron chi connectivity index (χ3n) is 4.74. The molecule has 1 aliphatic carbocycles. The molecule has 0 aliphatic heterocycles. The molecule has 2 rings (SSSR count). The van der Waals surface area contributed by atoms with Gasteiger partial charge in [-0.25, -0.2) is 4.39 Å². The Morgan fingerprint density at radius 1 is 1.19 bits per heavy atom. The molecule has 150 valence electrons. The summed E-state index contributed by atoms with van der Waals surface area (Å²) in [5.41, 5.74) is 4.26. The molecule has 0 saturated heterocycles. The summed E-state index contributed by atoms with van der Waals surface area (Å²) in [7, 11) is 1.33. The number of nitrogens with two attached hydrogens (primary N) is 1. The normalized spacial score (nSPS) is 22.8. The molecule has 0 aromatic heterocycles. The van der Waals surface area contributed by atoms with Crippen LogP contribution in [0.25, 0.3) is 0 Å². The van der Waals surface area contributed by atoms with E-state index in [9.17, 15) is 14.0 Å². The Hall–Kier alpha value is -2.31. The molecule has 6 nitrogen and oxygen atoms in total. The van der Waals surface area contributed by atoms with E-state index in [2.05, 4.69) is 0 Å². The van der Waals surface area contributed by atoms with Gasteiger partial charge in [0.05, 0.1) is 24.2 Å². The van der Waals surface area contributed by atoms with Gasteiger partial charge in [-0.1, -0.05) is 0 Å². The summed E-state index contributed by atoms with van der Waals surface area (Å²) >= 11 is 0. The molecule has 1 amide bonds. The van der Waals surface area contributed by atoms with Crippen LogP contribution in [0.15, 0.2) is 12.1 Å². The lowest BCUT2D eigenvalue weighted by Gasteiger charge is -2.37. The van der Waals surface area contributed by atoms with Gasteiger partial charge in [0, 0.05) is 6.07 Å². The molecule has 0 atom stereocenters. The molecular weight excluding hydrogens is 353 g/mol. The third-order valence-corrected chi connectivity index (χ3v) is 4.74. The van der Waals surface area contributed by atoms with Gasteiger partial charge in [-0.3, -0.25) is 9.59 Å². The first kappa shape index (κ1) is 21.0. The van der Waals surface area contributed by atoms with Crippen LogP contribution in [-0.4, -0.2) is 30.7 Å². The number of rotatable bonds is 5. The van der Waals surface area contributed by atoms with Gasteiger partial charge >= 0.3 is 5.97 Å². The van der Waals surface area contributed by atoms with E-state index in [0.29, 0.717) is 25.7 Å². The van der Waals surface area contributed by atoms with E-state index in [1.165, 1.54) is 13.2 Å². The van der Waals surface area contributed by atoms with E-state index in [-0.39, 0.29) is 29.1 Å². The Bertz CT molecular complexity index is 718. The highest BCUT2D eigenvalue weighted by atomic mass is 19.1. The van der Waals surface area contributed by atoms with Crippen LogP contribution in [0.2, 0.25) is 0 Å². The molecule has 0 spiro atoms. The van der Waals surface area contributed by atoms with Gasteiger partial charge in [-0.15, -0.1) is 0 Å². The van der Waals surface area contributed by atoms with Crippen molar-refractivity contribution in [1.29, 1.82) is 0 Å². The van der Waals surface area contributed by atoms with Crippen LogP contribution >= 0.6 is 0 Å². The second-order valence-electron chi connectivity index (χ2n) is 8.23. The van der Waals surface area contributed by atoms with Crippen molar-refractivity contribution >= 4 is 11.9 Å². The Morgan fingerprint density at radius 2 is 1.78 bits per heavy atom. The van der Waals surface area contributed by atoms with Gasteiger partial charge in [0.25, 0.3) is 5.91 Å². The van der Waals surface area contributed by atoms with Crippen molar-refractivity contribution in [3.8, 4) is 11.5 Å². The van der Waals surface area contributed by atoms with Crippen molar-refractivity contribution in [3.05, 3.63) is 23.5 Å². The predicted octanol–water partition coefficient (Wildman–Crippen LogP) is 3.60. The van der Waals surface area contributed by atoms with Crippen molar-refractivity contribution in [1.82, 2.24) is 0 Å². The second kappa shape index (κ2) is 7.74. The van der Waals surface area contributed by atoms with Crippen LogP contribution < -0.4 is 15.2 Å². The quantitative estimate of drug-likeness (QED) is 0.788. The summed E-state index contributed by atoms with van der Waals surface area (Å²) in [6, 6.07) is 2.35. The molecule has 2 N–H and O–H groups in total. The summed E-state index contributed by atoms with van der Waals surface area (Å²) in [5, 5.41) is 0. The summed E-state index contributed by atoms with van der Waals surface area (Å²) in [5.74, 6) is -1.56. The summed E-state index contributed by atoms with van der Waals surface area (Å²) in [6.07, 6.45) is 2.05. The number of carbonyl (C=O) groups excluding carboxylic acids is 2. The number of esters is 1. The highest BCUT2D eigenvalue weighted by Gasteiger charge is 2.41. The Labute approximate surface area is 159 Å². The maximum atomic E-state index is 14.3. The van der Waals surface area contributed by atoms with E-state index >= 15 is 0 Å². The first-order chi connectivity index (χ1) is 12.4. The zero-order chi connectivity index (χ0) is 20.4. The largest absolute Gasteiger partial charge is 0.496 e. The zero-order valence-corrected chi connectivity index (χ0v) is 16.6. The Kier molecular flexibility index (Phi) is 6.02. The number of hydrogen-bond donors (Lipinski definition) is 1. The molecule has 0 bridgehead atoms. The van der Waals surface area contributed by atoms with Crippen LogP contribution in [0.5, 0.6) is 11.5 Å². The van der Waals surface area contributed by atoms with E-state index in [1.54, 1.807) is 0 Å². The topological polar surface area (TPSA) is 87.8 Å². The number of benzene rings is 1. The fourth-order valence-corrected chi connectivity index (χ4v) is 3.12. The average molecular weight is 381 g/mol. The molecule has 1 aliphatic rings. The lowest BCUT2D eigenvalue weighted by Crippen LogP contribution is -2.40. The molecule has 1 saturated carbocycles. The van der Waals surface area contributed by atoms with E-state index in [0.717, 1.165) is 6.07 Å². The standard InChI is InChI=1S/C20H28FNO5/c1-19(2,3)27-18(24)20(4)8-6-12(7-9-20)26-16-10-13(17(22)23)15(25-5)11-14(16)21/h10-12H,6-9H2,1-5H3,(H2,22,23). The average Bonchev–Trinajstić information content (AvgIpc) is 2.56. The van der Waals surface area contributed by atoms with E-state index in [1.807, 2.05) is 27.7 Å². The molecule has 1 aromatic rings. The number of carbonyl (C=O) groups is 2. The first-order valence-corrected chi connectivity index (χ1v) is 9.02. The SMILES string of the molecule is COc1cc(F)c(OC2CCC(C)(C(=O)OC(C)(C)C)CC2)cc1C(N)=O. The summed E-state index contributed by atoms with van der Waals surface area (Å²) < 4.78 is 30.5. The van der Waals surface area contributed by atoms with Crippen molar-refractivity contribution in [2.24, 2.45) is 11.1 Å². The number of halogens is 1. The first-order valence-electron chi connectivity index (χ1n) is 9.02. The van der Waals surface area contributed by atoms with Crippen molar-refractivity contribution in [2.75, 3.05) is 7.11 Å². The molecule has 0 unspecified atom stereocenters. The van der Waals surface area contributed by atoms with E-state index < -0.39 is 22.7 Å². The maximum Gasteiger partial charge on any atom is 0.312 e. The minimum Gasteiger partial charge on any atom is -0.496 e. The zero-order valence-electron chi connectivity index (χ0n) is 16.6. The minimum atomic E-state index is -0.724. The molecule has 0 radical (unpaired) electrons. The molecule has 27 heavy (non-hydrogen) atoms.